The number of hydrogen-bond acceptors (Lipinski definition) is 7. The molecule has 12 heteroatoms. The van der Waals surface area contributed by atoms with Crippen molar-refractivity contribution in [2.24, 2.45) is 4.99 Å². The molecule has 2 aliphatic rings. The Labute approximate surface area is 213 Å². The summed E-state index contributed by atoms with van der Waals surface area (Å²) < 4.78 is 46.8. The smallest absolute Gasteiger partial charge is 0.333 e. The maximum absolute atomic E-state index is 13.9. The van der Waals surface area contributed by atoms with Gasteiger partial charge >= 0.3 is 6.55 Å². The number of aliphatic imine (C=N–C) groups is 1. The number of alkyl halides is 2. The molecule has 0 saturated carbocycles. The normalized spacial score (nSPS) is 21.8. The molecule has 2 atom stereocenters. The molecule has 0 radical (unpaired) electrons. The van der Waals surface area contributed by atoms with Crippen LogP contribution in [-0.4, -0.2) is 56.0 Å². The lowest BCUT2D eigenvalue weighted by Gasteiger charge is -2.32. The summed E-state index contributed by atoms with van der Waals surface area (Å²) in [5, 5.41) is 18.1. The number of halogens is 4. The van der Waals surface area contributed by atoms with Crippen molar-refractivity contribution in [3.8, 4) is 0 Å². The second kappa shape index (κ2) is 9.81. The summed E-state index contributed by atoms with van der Waals surface area (Å²) in [4.78, 5) is 11.1. The Morgan fingerprint density at radius 1 is 1.36 bits per heavy atom. The SMILES string of the molecule is C=CCOC[C@]1(O)CC2=C(c3ccn(C(F)F)n3)[C@H](c3ccc(F)cc3Cl)N=C(c3nccs3)N2C1. The molecule has 188 valence electrons. The number of aliphatic hydroxyl groups is 1. The predicted octanol–water partition coefficient (Wildman–Crippen LogP) is 5.08. The van der Waals surface area contributed by atoms with Gasteiger partial charge < -0.3 is 14.7 Å². The summed E-state index contributed by atoms with van der Waals surface area (Å²) in [6.07, 6.45) is 4.54. The van der Waals surface area contributed by atoms with E-state index in [1.165, 1.54) is 41.8 Å². The van der Waals surface area contributed by atoms with E-state index in [4.69, 9.17) is 21.3 Å². The molecule has 1 aromatic carbocycles. The molecule has 0 bridgehead atoms. The molecule has 2 aromatic heterocycles. The predicted molar refractivity (Wildman–Crippen MR) is 130 cm³/mol. The van der Waals surface area contributed by atoms with E-state index in [9.17, 15) is 18.3 Å². The number of nitrogens with zero attached hydrogens (tertiary/aromatic N) is 5. The zero-order chi connectivity index (χ0) is 25.4. The van der Waals surface area contributed by atoms with E-state index in [1.54, 1.807) is 17.7 Å². The van der Waals surface area contributed by atoms with Crippen molar-refractivity contribution in [2.45, 2.75) is 24.6 Å². The topological polar surface area (TPSA) is 75.8 Å². The molecule has 1 fully saturated rings. The Balaban J connectivity index is 1.70. The van der Waals surface area contributed by atoms with Crippen LogP contribution in [0.3, 0.4) is 0 Å². The van der Waals surface area contributed by atoms with Crippen LogP contribution in [0, 0.1) is 5.82 Å². The van der Waals surface area contributed by atoms with Crippen LogP contribution in [0.2, 0.25) is 5.02 Å². The van der Waals surface area contributed by atoms with E-state index in [0.717, 1.165) is 0 Å². The highest BCUT2D eigenvalue weighted by atomic mass is 35.5. The van der Waals surface area contributed by atoms with E-state index in [1.807, 2.05) is 4.90 Å². The van der Waals surface area contributed by atoms with Crippen molar-refractivity contribution < 1.29 is 23.0 Å². The van der Waals surface area contributed by atoms with Crippen LogP contribution in [0.15, 0.2) is 65.4 Å². The largest absolute Gasteiger partial charge is 0.385 e. The van der Waals surface area contributed by atoms with E-state index in [0.29, 0.717) is 32.4 Å². The highest BCUT2D eigenvalue weighted by molar-refractivity contribution is 7.11. The molecule has 7 nitrogen and oxygen atoms in total. The Morgan fingerprint density at radius 2 is 2.19 bits per heavy atom. The fourth-order valence-electron chi connectivity index (χ4n) is 4.47. The van der Waals surface area contributed by atoms with Gasteiger partial charge in [-0.15, -0.1) is 17.9 Å². The van der Waals surface area contributed by atoms with Crippen molar-refractivity contribution in [1.82, 2.24) is 19.7 Å². The summed E-state index contributed by atoms with van der Waals surface area (Å²) in [5.74, 6) is -0.0295. The lowest BCUT2D eigenvalue weighted by atomic mass is 9.91. The molecular formula is C24H21ClF3N5O2S. The zero-order valence-corrected chi connectivity index (χ0v) is 20.4. The Bertz CT molecular complexity index is 1340. The Kier molecular flexibility index (Phi) is 6.73. The first-order chi connectivity index (χ1) is 17.3. The number of rotatable bonds is 8. The molecule has 36 heavy (non-hydrogen) atoms. The highest BCUT2D eigenvalue weighted by Gasteiger charge is 2.47. The minimum absolute atomic E-state index is 0.0187. The lowest BCUT2D eigenvalue weighted by Crippen LogP contribution is -2.40. The van der Waals surface area contributed by atoms with Gasteiger partial charge in [-0.25, -0.2) is 14.1 Å². The number of hydrogen-bond donors (Lipinski definition) is 1. The third-order valence-corrected chi connectivity index (χ3v) is 7.03. The van der Waals surface area contributed by atoms with Crippen molar-refractivity contribution in [3.63, 3.8) is 0 Å². The maximum Gasteiger partial charge on any atom is 0.333 e. The molecule has 3 aromatic rings. The summed E-state index contributed by atoms with van der Waals surface area (Å²) in [5.41, 5.74) is 0.541. The summed E-state index contributed by atoms with van der Waals surface area (Å²) >= 11 is 7.81. The van der Waals surface area contributed by atoms with E-state index in [2.05, 4.69) is 16.7 Å². The maximum atomic E-state index is 13.9. The fourth-order valence-corrected chi connectivity index (χ4v) is 5.38. The standard InChI is InChI=1S/C24H21ClF3N5O2S/c1-2-8-35-13-24(34)11-18-19(17-5-7-33(31-17)23(27)28)20(15-4-3-14(26)10-16(15)25)30-21(32(18)12-24)22-29-6-9-36-22/h2-7,9-10,20,23,34H,1,8,11-13H2/t20-,24-/m0/s1. The molecule has 0 unspecified atom stereocenters. The third kappa shape index (κ3) is 4.59. The van der Waals surface area contributed by atoms with Crippen LogP contribution in [0.4, 0.5) is 13.2 Å². The van der Waals surface area contributed by atoms with Crippen LogP contribution in [0.1, 0.15) is 35.3 Å². The number of aromatic nitrogens is 3. The van der Waals surface area contributed by atoms with Crippen LogP contribution in [-0.2, 0) is 4.74 Å². The van der Waals surface area contributed by atoms with Gasteiger partial charge in [0, 0.05) is 46.1 Å². The van der Waals surface area contributed by atoms with Gasteiger partial charge in [0.05, 0.1) is 25.5 Å². The summed E-state index contributed by atoms with van der Waals surface area (Å²) in [6.45, 7) is 1.21. The van der Waals surface area contributed by atoms with E-state index in [-0.39, 0.29) is 36.9 Å². The average Bonchev–Trinajstić information content (AvgIpc) is 3.58. The van der Waals surface area contributed by atoms with Crippen LogP contribution < -0.4 is 0 Å². The van der Waals surface area contributed by atoms with Gasteiger partial charge in [0.2, 0.25) is 0 Å². The minimum atomic E-state index is -2.83. The van der Waals surface area contributed by atoms with Crippen LogP contribution >= 0.6 is 22.9 Å². The number of ether oxygens (including phenoxy) is 1. The van der Waals surface area contributed by atoms with Crippen molar-refractivity contribution >= 4 is 34.3 Å². The molecule has 0 amide bonds. The molecule has 1 saturated heterocycles. The lowest BCUT2D eigenvalue weighted by molar-refractivity contribution is -0.0279. The number of benzene rings is 1. The number of fused-ring (bicyclic) bond motifs is 1. The third-order valence-electron chi connectivity index (χ3n) is 5.94. The second-order valence-electron chi connectivity index (χ2n) is 8.47. The highest BCUT2D eigenvalue weighted by Crippen LogP contribution is 2.48. The molecule has 0 aliphatic carbocycles. The van der Waals surface area contributed by atoms with Crippen LogP contribution in [0.5, 0.6) is 0 Å². The van der Waals surface area contributed by atoms with Gasteiger partial charge in [0.1, 0.15) is 17.5 Å². The van der Waals surface area contributed by atoms with Gasteiger partial charge in [-0.1, -0.05) is 23.7 Å². The van der Waals surface area contributed by atoms with Crippen molar-refractivity contribution in [2.75, 3.05) is 19.8 Å². The van der Waals surface area contributed by atoms with Gasteiger partial charge in [-0.2, -0.15) is 13.9 Å². The number of thiazole rings is 1. The van der Waals surface area contributed by atoms with Gasteiger partial charge in [0.25, 0.3) is 0 Å². The van der Waals surface area contributed by atoms with Crippen molar-refractivity contribution in [3.05, 3.63) is 87.5 Å². The number of amidine groups is 1. The van der Waals surface area contributed by atoms with Gasteiger partial charge in [-0.3, -0.25) is 4.99 Å². The first-order valence-electron chi connectivity index (χ1n) is 11.0. The first kappa shape index (κ1) is 24.7. The summed E-state index contributed by atoms with van der Waals surface area (Å²) in [6, 6.07) is 4.61. The average molecular weight is 536 g/mol. The molecule has 2 aliphatic heterocycles. The Morgan fingerprint density at radius 3 is 2.86 bits per heavy atom. The second-order valence-corrected chi connectivity index (χ2v) is 9.77. The Hall–Kier alpha value is -2.99. The molecule has 1 N–H and O–H groups in total. The van der Waals surface area contributed by atoms with Gasteiger partial charge in [-0.05, 0) is 18.2 Å². The van der Waals surface area contributed by atoms with E-state index < -0.39 is 24.0 Å². The van der Waals surface area contributed by atoms with E-state index >= 15 is 0 Å². The molecular weight excluding hydrogens is 515 g/mol. The van der Waals surface area contributed by atoms with Crippen LogP contribution in [0.25, 0.3) is 5.57 Å². The molecule has 4 heterocycles. The minimum Gasteiger partial charge on any atom is -0.385 e. The first-order valence-corrected chi connectivity index (χ1v) is 12.2. The summed E-state index contributed by atoms with van der Waals surface area (Å²) in [7, 11) is 0. The monoisotopic (exact) mass is 535 g/mol. The molecule has 5 rings (SSSR count). The fraction of sp³-hybridized carbons (Fsp3) is 0.292. The molecule has 0 spiro atoms. The quantitative estimate of drug-likeness (QED) is 0.322. The zero-order valence-electron chi connectivity index (χ0n) is 18.8. The van der Waals surface area contributed by atoms with Crippen molar-refractivity contribution in [1.29, 1.82) is 0 Å². The van der Waals surface area contributed by atoms with Gasteiger partial charge in [0.15, 0.2) is 10.8 Å².